The van der Waals surface area contributed by atoms with Crippen molar-refractivity contribution >= 4 is 28.9 Å². The van der Waals surface area contributed by atoms with E-state index in [-0.39, 0.29) is 5.91 Å². The Kier molecular flexibility index (Phi) is 2.49. The number of nitrogens with one attached hydrogen (secondary N) is 1. The highest BCUT2D eigenvalue weighted by atomic mass is 16.2. The summed E-state index contributed by atoms with van der Waals surface area (Å²) in [5.41, 5.74) is 3.84. The van der Waals surface area contributed by atoms with E-state index in [0.29, 0.717) is 24.2 Å². The van der Waals surface area contributed by atoms with Crippen LogP contribution in [0.3, 0.4) is 0 Å². The predicted molar refractivity (Wildman–Crippen MR) is 89.1 cm³/mol. The van der Waals surface area contributed by atoms with Gasteiger partial charge in [-0.25, -0.2) is 4.98 Å². The molecular weight excluding hydrogens is 302 g/mol. The maximum absolute atomic E-state index is 12.7. The fraction of sp³-hybridized carbons (Fsp3) is 0.158. The number of rotatable bonds is 1. The van der Waals surface area contributed by atoms with Crippen LogP contribution in [0, 0.1) is 0 Å². The van der Waals surface area contributed by atoms with Gasteiger partial charge in [0, 0.05) is 34.8 Å². The standard InChI is InChI=1S/C19H13N3O2/c23-10-11-3-4-15-12(6-11)7-13-8-19(9-16(13)21-15)14-2-1-5-20-17(14)22-18(19)24/h1-7,10H,8-9H2,(H,20,22,24)/t19-/m0/s1. The molecule has 116 valence electrons. The highest BCUT2D eigenvalue weighted by Crippen LogP contribution is 2.46. The van der Waals surface area contributed by atoms with Crippen LogP contribution in [-0.4, -0.2) is 22.2 Å². The number of amides is 1. The van der Waals surface area contributed by atoms with Crippen molar-refractivity contribution in [3.05, 3.63) is 65.0 Å². The van der Waals surface area contributed by atoms with Crippen molar-refractivity contribution in [3.63, 3.8) is 0 Å². The van der Waals surface area contributed by atoms with Crippen LogP contribution < -0.4 is 5.32 Å². The van der Waals surface area contributed by atoms with Crippen LogP contribution in [0.5, 0.6) is 0 Å². The summed E-state index contributed by atoms with van der Waals surface area (Å²) in [6, 6.07) is 11.3. The molecule has 0 fully saturated rings. The number of pyridine rings is 2. The third kappa shape index (κ3) is 1.64. The Morgan fingerprint density at radius 3 is 2.96 bits per heavy atom. The number of aldehydes is 1. The van der Waals surface area contributed by atoms with Crippen LogP contribution in [0.2, 0.25) is 0 Å². The van der Waals surface area contributed by atoms with Gasteiger partial charge in [0.1, 0.15) is 12.1 Å². The van der Waals surface area contributed by atoms with Crippen LogP contribution in [0.15, 0.2) is 42.6 Å². The van der Waals surface area contributed by atoms with Crippen molar-refractivity contribution in [1.82, 2.24) is 9.97 Å². The molecule has 1 N–H and O–H groups in total. The molecule has 1 aliphatic carbocycles. The summed E-state index contributed by atoms with van der Waals surface area (Å²) in [5, 5.41) is 3.83. The minimum absolute atomic E-state index is 0.00756. The van der Waals surface area contributed by atoms with Crippen LogP contribution in [-0.2, 0) is 23.1 Å². The zero-order chi connectivity index (χ0) is 16.3. The topological polar surface area (TPSA) is 72.0 Å². The molecule has 3 heterocycles. The van der Waals surface area contributed by atoms with Gasteiger partial charge in [-0.05, 0) is 42.3 Å². The van der Waals surface area contributed by atoms with Crippen molar-refractivity contribution in [3.8, 4) is 0 Å². The summed E-state index contributed by atoms with van der Waals surface area (Å²) < 4.78 is 0. The van der Waals surface area contributed by atoms with E-state index in [0.717, 1.165) is 34.0 Å². The molecule has 0 saturated carbocycles. The second-order valence-electron chi connectivity index (χ2n) is 6.45. The maximum atomic E-state index is 12.7. The van der Waals surface area contributed by atoms with Gasteiger partial charge in [0.25, 0.3) is 0 Å². The summed E-state index contributed by atoms with van der Waals surface area (Å²) in [7, 11) is 0. The van der Waals surface area contributed by atoms with Crippen molar-refractivity contribution in [2.45, 2.75) is 18.3 Å². The number of hydrogen-bond acceptors (Lipinski definition) is 4. The molecule has 5 heteroatoms. The van der Waals surface area contributed by atoms with Gasteiger partial charge in [-0.15, -0.1) is 0 Å². The van der Waals surface area contributed by atoms with Crippen LogP contribution >= 0.6 is 0 Å². The number of carbonyl (C=O) groups is 2. The van der Waals surface area contributed by atoms with Crippen molar-refractivity contribution in [2.24, 2.45) is 0 Å². The van der Waals surface area contributed by atoms with Gasteiger partial charge in [-0.3, -0.25) is 14.6 Å². The Morgan fingerprint density at radius 2 is 2.08 bits per heavy atom. The Bertz CT molecular complexity index is 1040. The molecule has 0 bridgehead atoms. The van der Waals surface area contributed by atoms with E-state index in [9.17, 15) is 9.59 Å². The lowest BCUT2D eigenvalue weighted by Crippen LogP contribution is -2.35. The highest BCUT2D eigenvalue weighted by Gasteiger charge is 2.51. The Hall–Kier alpha value is -3.08. The average molecular weight is 315 g/mol. The van der Waals surface area contributed by atoms with Gasteiger partial charge in [-0.1, -0.05) is 6.07 Å². The van der Waals surface area contributed by atoms with E-state index in [1.807, 2.05) is 24.3 Å². The summed E-state index contributed by atoms with van der Waals surface area (Å²) in [6.07, 6.45) is 3.72. The second-order valence-corrected chi connectivity index (χ2v) is 6.45. The van der Waals surface area contributed by atoms with Crippen molar-refractivity contribution in [2.75, 3.05) is 5.32 Å². The molecule has 1 spiro atoms. The lowest BCUT2D eigenvalue weighted by molar-refractivity contribution is -0.120. The molecule has 0 unspecified atom stereocenters. The number of anilines is 1. The van der Waals surface area contributed by atoms with Gasteiger partial charge < -0.3 is 5.32 Å². The Balaban J connectivity index is 1.67. The van der Waals surface area contributed by atoms with Gasteiger partial charge in [-0.2, -0.15) is 0 Å². The summed E-state index contributed by atoms with van der Waals surface area (Å²) >= 11 is 0. The molecule has 2 aromatic heterocycles. The fourth-order valence-corrected chi connectivity index (χ4v) is 3.92. The van der Waals surface area contributed by atoms with Crippen molar-refractivity contribution < 1.29 is 9.59 Å². The highest BCUT2D eigenvalue weighted by molar-refractivity contribution is 6.06. The molecule has 2 aliphatic rings. The molecule has 1 amide bonds. The molecule has 0 saturated heterocycles. The first-order valence-electron chi connectivity index (χ1n) is 7.84. The summed E-state index contributed by atoms with van der Waals surface area (Å²) in [4.78, 5) is 32.7. The number of fused-ring (bicyclic) bond motifs is 4. The van der Waals surface area contributed by atoms with Gasteiger partial charge in [0.05, 0.1) is 10.9 Å². The van der Waals surface area contributed by atoms with Gasteiger partial charge in [0.15, 0.2) is 0 Å². The molecule has 5 nitrogen and oxygen atoms in total. The lowest BCUT2D eigenvalue weighted by Gasteiger charge is -2.19. The van der Waals surface area contributed by atoms with E-state index in [4.69, 9.17) is 4.98 Å². The molecule has 3 aromatic rings. The van der Waals surface area contributed by atoms with Gasteiger partial charge >= 0.3 is 0 Å². The van der Waals surface area contributed by atoms with E-state index in [1.165, 1.54) is 0 Å². The average Bonchev–Trinajstić information content (AvgIpc) is 3.10. The third-order valence-corrected chi connectivity index (χ3v) is 5.09. The normalized spacial score (nSPS) is 20.9. The number of benzene rings is 1. The van der Waals surface area contributed by atoms with Crippen LogP contribution in [0.4, 0.5) is 5.82 Å². The molecule has 1 atom stereocenters. The van der Waals surface area contributed by atoms with Crippen molar-refractivity contribution in [1.29, 1.82) is 0 Å². The predicted octanol–water partition coefficient (Wildman–Crippen LogP) is 2.43. The van der Waals surface area contributed by atoms with Gasteiger partial charge in [0.2, 0.25) is 5.91 Å². The minimum Gasteiger partial charge on any atom is -0.310 e. The number of nitrogens with zero attached hydrogens (tertiary/aromatic N) is 2. The maximum Gasteiger partial charge on any atom is 0.237 e. The second kappa shape index (κ2) is 4.47. The Labute approximate surface area is 137 Å². The SMILES string of the molecule is O=Cc1ccc2nc3c(cc2c1)C[C@@]1(C3)C(=O)Nc2ncccc21. The Morgan fingerprint density at radius 1 is 1.17 bits per heavy atom. The lowest BCUT2D eigenvalue weighted by atomic mass is 9.80. The quantitative estimate of drug-likeness (QED) is 0.700. The third-order valence-electron chi connectivity index (χ3n) is 5.09. The largest absolute Gasteiger partial charge is 0.310 e. The first-order valence-corrected chi connectivity index (χ1v) is 7.84. The number of carbonyl (C=O) groups excluding carboxylic acids is 2. The molecule has 1 aromatic carbocycles. The molecule has 0 radical (unpaired) electrons. The molecule has 5 rings (SSSR count). The first kappa shape index (κ1) is 13.4. The van der Waals surface area contributed by atoms with Crippen LogP contribution in [0.25, 0.3) is 10.9 Å². The molecule has 1 aliphatic heterocycles. The van der Waals surface area contributed by atoms with Crippen LogP contribution in [0.1, 0.15) is 27.2 Å². The minimum atomic E-state index is -0.607. The van der Waals surface area contributed by atoms with E-state index in [1.54, 1.807) is 12.3 Å². The van der Waals surface area contributed by atoms with E-state index >= 15 is 0 Å². The van der Waals surface area contributed by atoms with E-state index in [2.05, 4.69) is 16.4 Å². The zero-order valence-corrected chi connectivity index (χ0v) is 12.7. The summed E-state index contributed by atoms with van der Waals surface area (Å²) in [5.74, 6) is 0.648. The first-order chi connectivity index (χ1) is 11.7. The number of aromatic nitrogens is 2. The summed E-state index contributed by atoms with van der Waals surface area (Å²) in [6.45, 7) is 0. The molecule has 24 heavy (non-hydrogen) atoms. The number of hydrogen-bond donors (Lipinski definition) is 1. The zero-order valence-electron chi connectivity index (χ0n) is 12.7. The smallest absolute Gasteiger partial charge is 0.237 e. The monoisotopic (exact) mass is 315 g/mol. The molecular formula is C19H13N3O2. The fourth-order valence-electron chi connectivity index (χ4n) is 3.92. The van der Waals surface area contributed by atoms with E-state index < -0.39 is 5.41 Å².